The Bertz CT molecular complexity index is 414. The quantitative estimate of drug-likeness (QED) is 0.833. The van der Waals surface area contributed by atoms with Crippen LogP contribution in [0.1, 0.15) is 46.4 Å². The fourth-order valence-corrected chi connectivity index (χ4v) is 2.33. The van der Waals surface area contributed by atoms with Gasteiger partial charge < -0.3 is 19.8 Å². The third-order valence-corrected chi connectivity index (χ3v) is 3.50. The van der Waals surface area contributed by atoms with Gasteiger partial charge in [0.15, 0.2) is 0 Å². The normalized spacial score (nSPS) is 23.2. The van der Waals surface area contributed by atoms with E-state index in [4.69, 9.17) is 9.15 Å². The lowest BCUT2D eigenvalue weighted by Gasteiger charge is -2.18. The van der Waals surface area contributed by atoms with E-state index in [1.54, 1.807) is 0 Å². The fraction of sp³-hybridized carbons (Fsp3) is 0.857. The van der Waals surface area contributed by atoms with Crippen LogP contribution in [0.5, 0.6) is 0 Å². The van der Waals surface area contributed by atoms with E-state index in [0.29, 0.717) is 30.5 Å². The van der Waals surface area contributed by atoms with Crippen LogP contribution in [0.25, 0.3) is 0 Å². The molecule has 0 spiro atoms. The smallest absolute Gasteiger partial charge is 0.315 e. The van der Waals surface area contributed by atoms with Crippen LogP contribution in [-0.4, -0.2) is 35.0 Å². The van der Waals surface area contributed by atoms with Crippen molar-refractivity contribution >= 4 is 6.01 Å². The first-order chi connectivity index (χ1) is 9.48. The summed E-state index contributed by atoms with van der Waals surface area (Å²) in [6.07, 6.45) is 2.50. The highest BCUT2D eigenvalue weighted by molar-refractivity contribution is 5.17. The summed E-state index contributed by atoms with van der Waals surface area (Å²) in [4.78, 5) is 0. The highest BCUT2D eigenvalue weighted by Crippen LogP contribution is 2.23. The van der Waals surface area contributed by atoms with Gasteiger partial charge in [0.25, 0.3) is 0 Å². The lowest BCUT2D eigenvalue weighted by molar-refractivity contribution is 0.0899. The molecule has 1 aliphatic rings. The Kier molecular flexibility index (Phi) is 4.99. The van der Waals surface area contributed by atoms with Crippen molar-refractivity contribution < 1.29 is 9.15 Å². The van der Waals surface area contributed by atoms with E-state index < -0.39 is 0 Å². The monoisotopic (exact) mass is 282 g/mol. The Balaban J connectivity index is 1.78. The summed E-state index contributed by atoms with van der Waals surface area (Å²) < 4.78 is 11.2. The largest absolute Gasteiger partial charge is 0.407 e. The van der Waals surface area contributed by atoms with Crippen molar-refractivity contribution in [2.45, 2.75) is 58.7 Å². The molecule has 0 amide bonds. The van der Waals surface area contributed by atoms with Gasteiger partial charge in [0.1, 0.15) is 0 Å². The van der Waals surface area contributed by atoms with Crippen LogP contribution in [0.15, 0.2) is 4.42 Å². The van der Waals surface area contributed by atoms with Crippen molar-refractivity contribution in [2.75, 3.05) is 18.5 Å². The summed E-state index contributed by atoms with van der Waals surface area (Å²) in [6.45, 7) is 10.7. The molecular weight excluding hydrogens is 256 g/mol. The second kappa shape index (κ2) is 6.54. The van der Waals surface area contributed by atoms with E-state index >= 15 is 0 Å². The van der Waals surface area contributed by atoms with Gasteiger partial charge in [-0.3, -0.25) is 0 Å². The van der Waals surface area contributed by atoms with Gasteiger partial charge in [-0.05, 0) is 33.6 Å². The molecule has 0 radical (unpaired) electrons. The minimum absolute atomic E-state index is 0.0393. The molecule has 1 aromatic rings. The van der Waals surface area contributed by atoms with Gasteiger partial charge in [0.2, 0.25) is 5.89 Å². The van der Waals surface area contributed by atoms with Gasteiger partial charge in [-0.1, -0.05) is 12.0 Å². The number of hydrogen-bond acceptors (Lipinski definition) is 6. The fourth-order valence-electron chi connectivity index (χ4n) is 2.33. The Hall–Kier alpha value is -1.14. The summed E-state index contributed by atoms with van der Waals surface area (Å²) in [5.41, 5.74) is 0.0393. The van der Waals surface area contributed by atoms with Crippen molar-refractivity contribution in [1.29, 1.82) is 0 Å². The van der Waals surface area contributed by atoms with Crippen molar-refractivity contribution in [1.82, 2.24) is 15.5 Å². The molecule has 1 aromatic heterocycles. The third kappa shape index (κ3) is 4.45. The molecule has 6 heteroatoms. The molecule has 1 fully saturated rings. The SMILES string of the molecule is CCC1OCCC1CNc1nnc(CNC(C)(C)C)o1. The van der Waals surface area contributed by atoms with E-state index in [9.17, 15) is 0 Å². The van der Waals surface area contributed by atoms with Crippen LogP contribution in [0.4, 0.5) is 6.01 Å². The molecule has 2 rings (SSSR count). The Morgan fingerprint density at radius 2 is 2.10 bits per heavy atom. The topological polar surface area (TPSA) is 72.2 Å². The molecule has 0 aliphatic carbocycles. The number of aromatic nitrogens is 2. The lowest BCUT2D eigenvalue weighted by atomic mass is 10.00. The summed E-state index contributed by atoms with van der Waals surface area (Å²) >= 11 is 0. The zero-order chi connectivity index (χ0) is 14.6. The van der Waals surface area contributed by atoms with Crippen molar-refractivity contribution in [2.24, 2.45) is 5.92 Å². The summed E-state index contributed by atoms with van der Waals surface area (Å²) in [5, 5.41) is 14.6. The van der Waals surface area contributed by atoms with Crippen LogP contribution in [0.2, 0.25) is 0 Å². The standard InChI is InChI=1S/C14H26N4O2/c1-5-11-10(6-7-19-11)8-15-13-18-17-12(20-13)9-16-14(2,3)4/h10-11,16H,5-9H2,1-4H3,(H,15,18). The third-order valence-electron chi connectivity index (χ3n) is 3.50. The molecule has 2 heterocycles. The molecule has 1 aliphatic heterocycles. The summed E-state index contributed by atoms with van der Waals surface area (Å²) in [7, 11) is 0. The maximum absolute atomic E-state index is 5.67. The second-order valence-electron chi connectivity index (χ2n) is 6.35. The molecule has 2 atom stereocenters. The highest BCUT2D eigenvalue weighted by Gasteiger charge is 2.26. The van der Waals surface area contributed by atoms with Gasteiger partial charge in [-0.2, -0.15) is 0 Å². The van der Waals surface area contributed by atoms with Crippen LogP contribution in [-0.2, 0) is 11.3 Å². The minimum atomic E-state index is 0.0393. The zero-order valence-electron chi connectivity index (χ0n) is 12.9. The minimum Gasteiger partial charge on any atom is -0.407 e. The number of rotatable bonds is 6. The molecule has 2 N–H and O–H groups in total. The predicted molar refractivity (Wildman–Crippen MR) is 77.5 cm³/mol. The maximum Gasteiger partial charge on any atom is 0.315 e. The second-order valence-corrected chi connectivity index (χ2v) is 6.35. The van der Waals surface area contributed by atoms with Gasteiger partial charge in [0.05, 0.1) is 12.6 Å². The number of anilines is 1. The van der Waals surface area contributed by atoms with Gasteiger partial charge in [-0.15, -0.1) is 5.10 Å². The van der Waals surface area contributed by atoms with Crippen LogP contribution in [0, 0.1) is 5.92 Å². The Morgan fingerprint density at radius 3 is 2.80 bits per heavy atom. The maximum atomic E-state index is 5.67. The zero-order valence-corrected chi connectivity index (χ0v) is 12.9. The van der Waals surface area contributed by atoms with Crippen molar-refractivity contribution in [3.63, 3.8) is 0 Å². The molecule has 0 saturated carbocycles. The van der Waals surface area contributed by atoms with Crippen molar-refractivity contribution in [3.05, 3.63) is 5.89 Å². The summed E-state index contributed by atoms with van der Waals surface area (Å²) in [6, 6.07) is 0.498. The number of nitrogens with one attached hydrogen (secondary N) is 2. The average molecular weight is 282 g/mol. The molecule has 6 nitrogen and oxygen atoms in total. The van der Waals surface area contributed by atoms with Crippen LogP contribution in [0.3, 0.4) is 0 Å². The summed E-state index contributed by atoms with van der Waals surface area (Å²) in [5.74, 6) is 1.14. The van der Waals surface area contributed by atoms with Gasteiger partial charge in [-0.25, -0.2) is 0 Å². The number of nitrogens with zero attached hydrogens (tertiary/aromatic N) is 2. The predicted octanol–water partition coefficient (Wildman–Crippen LogP) is 2.18. The molecule has 114 valence electrons. The lowest BCUT2D eigenvalue weighted by Crippen LogP contribution is -2.35. The van der Waals surface area contributed by atoms with E-state index in [1.807, 2.05) is 0 Å². The number of hydrogen-bond donors (Lipinski definition) is 2. The Morgan fingerprint density at radius 1 is 1.30 bits per heavy atom. The van der Waals surface area contributed by atoms with E-state index in [2.05, 4.69) is 48.5 Å². The van der Waals surface area contributed by atoms with Crippen LogP contribution >= 0.6 is 0 Å². The van der Waals surface area contributed by atoms with E-state index in [-0.39, 0.29) is 5.54 Å². The first kappa shape index (κ1) is 15.3. The van der Waals surface area contributed by atoms with Crippen molar-refractivity contribution in [3.8, 4) is 0 Å². The Labute approximate surface area is 120 Å². The first-order valence-electron chi connectivity index (χ1n) is 7.41. The molecule has 20 heavy (non-hydrogen) atoms. The van der Waals surface area contributed by atoms with E-state index in [1.165, 1.54) is 0 Å². The highest BCUT2D eigenvalue weighted by atomic mass is 16.5. The number of ether oxygens (including phenoxy) is 1. The van der Waals surface area contributed by atoms with Gasteiger partial charge in [0, 0.05) is 24.6 Å². The van der Waals surface area contributed by atoms with Crippen LogP contribution < -0.4 is 10.6 Å². The van der Waals surface area contributed by atoms with E-state index in [0.717, 1.165) is 26.0 Å². The molecule has 2 unspecified atom stereocenters. The first-order valence-corrected chi connectivity index (χ1v) is 7.41. The molecular formula is C14H26N4O2. The van der Waals surface area contributed by atoms with Gasteiger partial charge >= 0.3 is 6.01 Å². The molecule has 0 bridgehead atoms. The average Bonchev–Trinajstić information content (AvgIpc) is 3.01. The molecule has 0 aromatic carbocycles. The molecule has 1 saturated heterocycles.